The van der Waals surface area contributed by atoms with Gasteiger partial charge in [0.1, 0.15) is 5.78 Å². The molecule has 98 valence electrons. The van der Waals surface area contributed by atoms with Crippen LogP contribution in [0.1, 0.15) is 36.9 Å². The summed E-state index contributed by atoms with van der Waals surface area (Å²) in [7, 11) is 0. The number of hydrogen-bond acceptors (Lipinski definition) is 2. The summed E-state index contributed by atoms with van der Waals surface area (Å²) in [4.78, 5) is 11.1. The summed E-state index contributed by atoms with van der Waals surface area (Å²) < 4.78 is 3.09. The fourth-order valence-electron chi connectivity index (χ4n) is 2.31. The van der Waals surface area contributed by atoms with E-state index in [0.29, 0.717) is 12.3 Å². The Kier molecular flexibility index (Phi) is 3.27. The molecule has 0 unspecified atom stereocenters. The molecule has 1 aliphatic carbocycles. The van der Waals surface area contributed by atoms with Crippen molar-refractivity contribution >= 4 is 21.7 Å². The van der Waals surface area contributed by atoms with Crippen molar-refractivity contribution in [3.63, 3.8) is 0 Å². The van der Waals surface area contributed by atoms with Crippen LogP contribution in [-0.4, -0.2) is 15.6 Å². The summed E-state index contributed by atoms with van der Waals surface area (Å²) in [5.41, 5.74) is 3.37. The maximum absolute atomic E-state index is 11.1. The molecule has 1 aliphatic rings. The summed E-state index contributed by atoms with van der Waals surface area (Å²) >= 11 is 3.57. The number of nitrogens with zero attached hydrogens (tertiary/aromatic N) is 2. The second kappa shape index (κ2) is 4.93. The van der Waals surface area contributed by atoms with E-state index in [-0.39, 0.29) is 5.78 Å². The lowest BCUT2D eigenvalue weighted by molar-refractivity contribution is -0.116. The van der Waals surface area contributed by atoms with Crippen LogP contribution in [0.2, 0.25) is 0 Å². The van der Waals surface area contributed by atoms with E-state index in [1.165, 1.54) is 18.5 Å². The number of carbonyl (C=O) groups excluding carboxylic acids is 1. The zero-order chi connectivity index (χ0) is 13.4. The first-order chi connectivity index (χ1) is 9.15. The van der Waals surface area contributed by atoms with Gasteiger partial charge in [0.15, 0.2) is 0 Å². The number of aromatic nitrogens is 2. The Hall–Kier alpha value is -1.42. The lowest BCUT2D eigenvalue weighted by Crippen LogP contribution is -2.02. The Balaban J connectivity index is 1.92. The molecule has 0 bridgehead atoms. The highest BCUT2D eigenvalue weighted by Gasteiger charge is 2.30. The summed E-state index contributed by atoms with van der Waals surface area (Å²) in [6, 6.07) is 8.07. The SMILES string of the molecule is CC(=O)Cc1ccc(-n2ncc(Br)c2C2CC2)cc1. The van der Waals surface area contributed by atoms with Crippen LogP contribution in [0.15, 0.2) is 34.9 Å². The molecule has 0 amide bonds. The molecule has 0 atom stereocenters. The molecule has 1 saturated carbocycles. The van der Waals surface area contributed by atoms with E-state index >= 15 is 0 Å². The Morgan fingerprint density at radius 3 is 2.63 bits per heavy atom. The van der Waals surface area contributed by atoms with Crippen LogP contribution in [0.4, 0.5) is 0 Å². The fourth-order valence-corrected chi connectivity index (χ4v) is 2.89. The first-order valence-corrected chi connectivity index (χ1v) is 7.26. The van der Waals surface area contributed by atoms with Crippen molar-refractivity contribution in [1.82, 2.24) is 9.78 Å². The van der Waals surface area contributed by atoms with Crippen LogP contribution in [0.25, 0.3) is 5.69 Å². The normalized spacial score (nSPS) is 14.6. The molecule has 3 rings (SSSR count). The molecule has 3 nitrogen and oxygen atoms in total. The van der Waals surface area contributed by atoms with Gasteiger partial charge < -0.3 is 0 Å². The quantitative estimate of drug-likeness (QED) is 0.862. The topological polar surface area (TPSA) is 34.9 Å². The molecule has 0 saturated heterocycles. The number of rotatable bonds is 4. The van der Waals surface area contributed by atoms with Gasteiger partial charge in [-0.1, -0.05) is 12.1 Å². The molecule has 0 radical (unpaired) electrons. The minimum absolute atomic E-state index is 0.188. The van der Waals surface area contributed by atoms with Crippen LogP contribution < -0.4 is 0 Å². The minimum atomic E-state index is 0.188. The van der Waals surface area contributed by atoms with E-state index in [1.54, 1.807) is 6.92 Å². The average molecular weight is 319 g/mol. The van der Waals surface area contributed by atoms with Crippen molar-refractivity contribution in [1.29, 1.82) is 0 Å². The first-order valence-electron chi connectivity index (χ1n) is 6.47. The molecule has 0 N–H and O–H groups in total. The molecule has 1 aromatic carbocycles. The lowest BCUT2D eigenvalue weighted by Gasteiger charge is -2.08. The molecule has 1 aromatic heterocycles. The standard InChI is InChI=1S/C15H15BrN2O/c1-10(19)8-11-2-6-13(7-3-11)18-15(12-4-5-12)14(16)9-17-18/h2-3,6-7,9,12H,4-5,8H2,1H3. The first kappa shape index (κ1) is 12.6. The van der Waals surface area contributed by atoms with E-state index in [0.717, 1.165) is 15.7 Å². The van der Waals surface area contributed by atoms with Crippen LogP contribution >= 0.6 is 15.9 Å². The molecule has 1 fully saturated rings. The molecule has 0 aliphatic heterocycles. The van der Waals surface area contributed by atoms with Gasteiger partial charge in [-0.25, -0.2) is 4.68 Å². The van der Waals surface area contributed by atoms with Crippen LogP contribution in [0.5, 0.6) is 0 Å². The number of benzene rings is 1. The third kappa shape index (κ3) is 2.63. The minimum Gasteiger partial charge on any atom is -0.300 e. The lowest BCUT2D eigenvalue weighted by atomic mass is 10.1. The van der Waals surface area contributed by atoms with Gasteiger partial charge in [0, 0.05) is 12.3 Å². The highest BCUT2D eigenvalue weighted by Crippen LogP contribution is 2.43. The summed E-state index contributed by atoms with van der Waals surface area (Å²) in [6.07, 6.45) is 4.84. The molecular formula is C15H15BrN2O. The highest BCUT2D eigenvalue weighted by atomic mass is 79.9. The average Bonchev–Trinajstić information content (AvgIpc) is 3.13. The Morgan fingerprint density at radius 1 is 1.37 bits per heavy atom. The number of halogens is 1. The molecule has 2 aromatic rings. The van der Waals surface area contributed by atoms with E-state index < -0.39 is 0 Å². The van der Waals surface area contributed by atoms with Gasteiger partial charge in [0.05, 0.1) is 22.1 Å². The van der Waals surface area contributed by atoms with Crippen molar-refractivity contribution in [2.24, 2.45) is 0 Å². The van der Waals surface area contributed by atoms with E-state index in [1.807, 2.05) is 35.1 Å². The second-order valence-corrected chi connectivity index (χ2v) is 5.96. The largest absolute Gasteiger partial charge is 0.300 e. The smallest absolute Gasteiger partial charge is 0.134 e. The second-order valence-electron chi connectivity index (χ2n) is 5.11. The van der Waals surface area contributed by atoms with Crippen molar-refractivity contribution < 1.29 is 4.79 Å². The molecule has 19 heavy (non-hydrogen) atoms. The maximum Gasteiger partial charge on any atom is 0.134 e. The van der Waals surface area contributed by atoms with Crippen LogP contribution in [-0.2, 0) is 11.2 Å². The van der Waals surface area contributed by atoms with Gasteiger partial charge in [-0.05, 0) is 53.4 Å². The maximum atomic E-state index is 11.1. The zero-order valence-electron chi connectivity index (χ0n) is 10.8. The predicted molar refractivity (Wildman–Crippen MR) is 77.6 cm³/mol. The van der Waals surface area contributed by atoms with Crippen LogP contribution in [0.3, 0.4) is 0 Å². The number of hydrogen-bond donors (Lipinski definition) is 0. The van der Waals surface area contributed by atoms with Crippen LogP contribution in [0, 0.1) is 0 Å². The monoisotopic (exact) mass is 318 g/mol. The van der Waals surface area contributed by atoms with Crippen molar-refractivity contribution in [3.8, 4) is 5.69 Å². The van der Waals surface area contributed by atoms with Gasteiger partial charge in [0.2, 0.25) is 0 Å². The Labute approximate surface area is 120 Å². The summed E-state index contributed by atoms with van der Waals surface area (Å²) in [5, 5.41) is 4.44. The predicted octanol–water partition coefficient (Wildman–Crippen LogP) is 3.64. The third-order valence-corrected chi connectivity index (χ3v) is 3.97. The van der Waals surface area contributed by atoms with Gasteiger partial charge in [-0.2, -0.15) is 5.10 Å². The van der Waals surface area contributed by atoms with Gasteiger partial charge in [0.25, 0.3) is 0 Å². The summed E-state index contributed by atoms with van der Waals surface area (Å²) in [5.74, 6) is 0.821. The van der Waals surface area contributed by atoms with E-state index in [4.69, 9.17) is 0 Å². The highest BCUT2D eigenvalue weighted by molar-refractivity contribution is 9.10. The number of Topliss-reactive ketones (excluding diaryl/α,β-unsaturated/α-hetero) is 1. The number of ketones is 1. The Morgan fingerprint density at radius 2 is 2.05 bits per heavy atom. The van der Waals surface area contributed by atoms with Gasteiger partial charge in [-0.15, -0.1) is 0 Å². The van der Waals surface area contributed by atoms with E-state index in [2.05, 4.69) is 21.0 Å². The molecule has 4 heteroatoms. The van der Waals surface area contributed by atoms with Gasteiger partial charge in [-0.3, -0.25) is 4.79 Å². The summed E-state index contributed by atoms with van der Waals surface area (Å²) in [6.45, 7) is 1.61. The molecule has 0 spiro atoms. The zero-order valence-corrected chi connectivity index (χ0v) is 12.4. The van der Waals surface area contributed by atoms with Crippen molar-refractivity contribution in [2.45, 2.75) is 32.1 Å². The third-order valence-electron chi connectivity index (χ3n) is 3.36. The molecule has 1 heterocycles. The van der Waals surface area contributed by atoms with E-state index in [9.17, 15) is 4.79 Å². The molecular weight excluding hydrogens is 304 g/mol. The Bertz CT molecular complexity index is 612. The van der Waals surface area contributed by atoms with Crippen molar-refractivity contribution in [2.75, 3.05) is 0 Å². The fraction of sp³-hybridized carbons (Fsp3) is 0.333. The van der Waals surface area contributed by atoms with Crippen molar-refractivity contribution in [3.05, 3.63) is 46.2 Å². The van der Waals surface area contributed by atoms with Gasteiger partial charge >= 0.3 is 0 Å². The number of carbonyl (C=O) groups is 1.